The molecule has 2 aliphatic carbocycles. The number of rotatable bonds is 9. The molecule has 0 saturated heterocycles. The van der Waals surface area contributed by atoms with Gasteiger partial charge in [0, 0.05) is 16.4 Å². The summed E-state index contributed by atoms with van der Waals surface area (Å²) in [6, 6.07) is -0.211. The summed E-state index contributed by atoms with van der Waals surface area (Å²) in [6.45, 7) is 17.2. The Morgan fingerprint density at radius 2 is 1.97 bits per heavy atom. The van der Waals surface area contributed by atoms with Crippen LogP contribution in [0.15, 0.2) is 96.1 Å². The molecule has 168 valence electrons. The van der Waals surface area contributed by atoms with Gasteiger partial charge in [-0.2, -0.15) is 12.6 Å². The summed E-state index contributed by atoms with van der Waals surface area (Å²) in [5.74, 6) is -0.683. The maximum atomic E-state index is 14.0. The highest BCUT2D eigenvalue weighted by molar-refractivity contribution is 7.82. The van der Waals surface area contributed by atoms with Gasteiger partial charge in [0.25, 0.3) is 0 Å². The van der Waals surface area contributed by atoms with E-state index in [1.165, 1.54) is 19.1 Å². The van der Waals surface area contributed by atoms with Crippen molar-refractivity contribution in [3.8, 4) is 0 Å². The van der Waals surface area contributed by atoms with Gasteiger partial charge in [0.15, 0.2) is 0 Å². The normalized spacial score (nSPS) is 25.1. The van der Waals surface area contributed by atoms with Crippen LogP contribution in [0.25, 0.3) is 0 Å². The first kappa shape index (κ1) is 25.2. The molecule has 0 spiro atoms. The predicted octanol–water partition coefficient (Wildman–Crippen LogP) is 7.66. The summed E-state index contributed by atoms with van der Waals surface area (Å²) in [5.41, 5.74) is 3.92. The zero-order valence-electron chi connectivity index (χ0n) is 18.9. The van der Waals surface area contributed by atoms with Crippen molar-refractivity contribution in [1.82, 2.24) is 5.32 Å². The molecule has 0 aromatic heterocycles. The Bertz CT molecular complexity index is 864. The van der Waals surface area contributed by atoms with Crippen LogP contribution in [0.3, 0.4) is 0 Å². The highest BCUT2D eigenvalue weighted by Gasteiger charge is 2.30. The van der Waals surface area contributed by atoms with E-state index in [1.54, 1.807) is 6.08 Å². The third-order valence-electron chi connectivity index (χ3n) is 5.94. The number of hydrogen-bond acceptors (Lipinski definition) is 2. The second-order valence-electron chi connectivity index (χ2n) is 8.49. The average Bonchev–Trinajstić information content (AvgIpc) is 3.16. The molecule has 3 unspecified atom stereocenters. The fraction of sp³-hybridized carbons (Fsp3) is 0.407. The highest BCUT2D eigenvalue weighted by Crippen LogP contribution is 2.39. The van der Waals surface area contributed by atoms with E-state index in [1.807, 2.05) is 32.1 Å². The molecule has 0 heterocycles. The first-order valence-corrected chi connectivity index (χ1v) is 11.3. The average molecular weight is 444 g/mol. The summed E-state index contributed by atoms with van der Waals surface area (Å²) in [5, 5.41) is 3.48. The van der Waals surface area contributed by atoms with E-state index in [0.717, 1.165) is 48.1 Å². The lowest BCUT2D eigenvalue weighted by Gasteiger charge is -2.31. The first-order valence-electron chi connectivity index (χ1n) is 10.9. The SMILES string of the molecule is C=C/C(F)=C\C(=C/C)C1C=C(C(C)F)C=CC1NC(=C)/C(=C/C1(S)CCCC1)C(=C)C. The second-order valence-corrected chi connectivity index (χ2v) is 9.38. The molecule has 2 aliphatic rings. The Labute approximate surface area is 192 Å². The maximum absolute atomic E-state index is 14.0. The summed E-state index contributed by atoms with van der Waals surface area (Å²) < 4.78 is 27.9. The van der Waals surface area contributed by atoms with E-state index in [0.29, 0.717) is 5.57 Å². The van der Waals surface area contributed by atoms with Crippen LogP contribution in [0.2, 0.25) is 0 Å². The van der Waals surface area contributed by atoms with Crippen molar-refractivity contribution in [3.63, 3.8) is 0 Å². The predicted molar refractivity (Wildman–Crippen MR) is 134 cm³/mol. The minimum Gasteiger partial charge on any atom is -0.378 e. The molecule has 3 atom stereocenters. The third kappa shape index (κ3) is 6.70. The van der Waals surface area contributed by atoms with Gasteiger partial charge in [0.05, 0.1) is 6.04 Å². The van der Waals surface area contributed by atoms with E-state index < -0.39 is 12.0 Å². The van der Waals surface area contributed by atoms with E-state index in [-0.39, 0.29) is 16.7 Å². The van der Waals surface area contributed by atoms with E-state index in [4.69, 9.17) is 12.6 Å². The number of nitrogens with one attached hydrogen (secondary N) is 1. The zero-order chi connectivity index (χ0) is 23.2. The lowest BCUT2D eigenvalue weighted by Crippen LogP contribution is -2.36. The monoisotopic (exact) mass is 443 g/mol. The molecule has 1 fully saturated rings. The molecule has 0 aromatic rings. The summed E-state index contributed by atoms with van der Waals surface area (Å²) in [7, 11) is 0. The van der Waals surface area contributed by atoms with Crippen molar-refractivity contribution < 1.29 is 8.78 Å². The van der Waals surface area contributed by atoms with Crippen molar-refractivity contribution in [2.75, 3.05) is 0 Å². The lowest BCUT2D eigenvalue weighted by atomic mass is 9.83. The van der Waals surface area contributed by atoms with Gasteiger partial charge >= 0.3 is 0 Å². The second kappa shape index (κ2) is 11.0. The van der Waals surface area contributed by atoms with Crippen molar-refractivity contribution >= 4 is 12.6 Å². The van der Waals surface area contributed by atoms with Crippen LogP contribution in [-0.4, -0.2) is 17.0 Å². The van der Waals surface area contributed by atoms with E-state index in [2.05, 4.69) is 31.1 Å². The fourth-order valence-electron chi connectivity index (χ4n) is 4.14. The maximum Gasteiger partial charge on any atom is 0.122 e. The van der Waals surface area contributed by atoms with Gasteiger partial charge in [-0.25, -0.2) is 8.78 Å². The van der Waals surface area contributed by atoms with E-state index >= 15 is 0 Å². The minimum atomic E-state index is -1.11. The number of hydrogen-bond donors (Lipinski definition) is 2. The molecule has 31 heavy (non-hydrogen) atoms. The molecule has 0 bridgehead atoms. The van der Waals surface area contributed by atoms with Crippen LogP contribution in [0.4, 0.5) is 8.78 Å². The Morgan fingerprint density at radius 3 is 2.48 bits per heavy atom. The van der Waals surface area contributed by atoms with Crippen LogP contribution in [0, 0.1) is 5.92 Å². The Kier molecular flexibility index (Phi) is 8.93. The van der Waals surface area contributed by atoms with Crippen LogP contribution in [0.5, 0.6) is 0 Å². The lowest BCUT2D eigenvalue weighted by molar-refractivity contribution is 0.411. The molecule has 4 heteroatoms. The Balaban J connectivity index is 2.36. The van der Waals surface area contributed by atoms with Gasteiger partial charge in [-0.3, -0.25) is 0 Å². The molecule has 1 nitrogen and oxygen atoms in total. The largest absolute Gasteiger partial charge is 0.378 e. The van der Waals surface area contributed by atoms with Crippen LogP contribution in [0.1, 0.15) is 46.5 Å². The van der Waals surface area contributed by atoms with Crippen LogP contribution >= 0.6 is 12.6 Å². The number of halogens is 2. The molecular formula is C27H35F2NS. The number of thiol groups is 1. The van der Waals surface area contributed by atoms with Crippen molar-refractivity contribution in [3.05, 3.63) is 96.1 Å². The van der Waals surface area contributed by atoms with Crippen molar-refractivity contribution in [1.29, 1.82) is 0 Å². The molecule has 0 aromatic carbocycles. The standard InChI is InChI=1S/C27H35F2NS/c1-7-21(15-23(29)8-2)24-16-22(19(5)28)11-12-26(24)30-20(6)25(18(3)4)17-27(31)13-9-10-14-27/h7-8,11-12,15-17,19,24,26,30-31H,2-3,6,9-10,13-14H2,1,4-5H3/b21-7+,23-15+,25-17+. The molecule has 1 saturated carbocycles. The molecule has 2 rings (SSSR count). The van der Waals surface area contributed by atoms with E-state index in [9.17, 15) is 8.78 Å². The quantitative estimate of drug-likeness (QED) is 0.275. The fourth-order valence-corrected chi connectivity index (χ4v) is 4.59. The topological polar surface area (TPSA) is 12.0 Å². The van der Waals surface area contributed by atoms with Gasteiger partial charge in [-0.05, 0) is 68.1 Å². The minimum absolute atomic E-state index is 0.151. The number of alkyl halides is 1. The van der Waals surface area contributed by atoms with Gasteiger partial charge in [0.1, 0.15) is 12.0 Å². The summed E-state index contributed by atoms with van der Waals surface area (Å²) >= 11 is 4.90. The molecular weight excluding hydrogens is 408 g/mol. The summed E-state index contributed by atoms with van der Waals surface area (Å²) in [4.78, 5) is 0. The van der Waals surface area contributed by atoms with Gasteiger partial charge in [0.2, 0.25) is 0 Å². The first-order chi connectivity index (χ1) is 14.6. The number of allylic oxidation sites excluding steroid dienone is 7. The van der Waals surface area contributed by atoms with Crippen LogP contribution < -0.4 is 5.32 Å². The highest BCUT2D eigenvalue weighted by atomic mass is 32.1. The van der Waals surface area contributed by atoms with Crippen molar-refractivity contribution in [2.24, 2.45) is 5.92 Å². The third-order valence-corrected chi connectivity index (χ3v) is 6.52. The smallest absolute Gasteiger partial charge is 0.122 e. The molecule has 0 radical (unpaired) electrons. The molecule has 0 aliphatic heterocycles. The van der Waals surface area contributed by atoms with Crippen LogP contribution in [-0.2, 0) is 0 Å². The molecule has 1 N–H and O–H groups in total. The zero-order valence-corrected chi connectivity index (χ0v) is 19.8. The van der Waals surface area contributed by atoms with Gasteiger partial charge in [-0.1, -0.05) is 63.0 Å². The van der Waals surface area contributed by atoms with Gasteiger partial charge in [-0.15, -0.1) is 0 Å². The Hall–Kier alpha value is -2.07. The van der Waals surface area contributed by atoms with Crippen molar-refractivity contribution in [2.45, 2.75) is 63.4 Å². The molecule has 0 amide bonds. The Morgan fingerprint density at radius 1 is 1.32 bits per heavy atom. The van der Waals surface area contributed by atoms with Gasteiger partial charge < -0.3 is 5.32 Å². The summed E-state index contributed by atoms with van der Waals surface area (Å²) in [6.07, 6.45) is 15.5.